The van der Waals surface area contributed by atoms with Crippen LogP contribution in [0, 0.1) is 0 Å². The second-order valence-corrected chi connectivity index (χ2v) is 12.0. The maximum Gasteiger partial charge on any atom is 0.260 e. The van der Waals surface area contributed by atoms with Gasteiger partial charge in [0.2, 0.25) is 0 Å². The molecule has 0 atom stereocenters. The Morgan fingerprint density at radius 1 is 0.628 bits per heavy atom. The number of hydrogen-bond donors (Lipinski definition) is 0. The maximum atomic E-state index is 6.65. The molecule has 5 aromatic carbocycles. The smallest absolute Gasteiger partial charge is 0.260 e. The fraction of sp³-hybridized carbons (Fsp3) is 0. The number of fused-ring (bicyclic) bond motifs is 8. The molecule has 5 heterocycles. The monoisotopic (exact) mass is 569 g/mol. The fourth-order valence-electron chi connectivity index (χ4n) is 6.76. The second-order valence-electron chi connectivity index (χ2n) is 11.0. The van der Waals surface area contributed by atoms with Gasteiger partial charge in [0, 0.05) is 28.0 Å². The van der Waals surface area contributed by atoms with Gasteiger partial charge in [-0.1, -0.05) is 48.5 Å². The lowest BCUT2D eigenvalue weighted by Crippen LogP contribution is -2.57. The van der Waals surface area contributed by atoms with Gasteiger partial charge < -0.3 is 9.47 Å². The first-order valence-electron chi connectivity index (χ1n) is 14.3. The zero-order valence-electron chi connectivity index (χ0n) is 22.7. The Morgan fingerprint density at radius 2 is 1.44 bits per heavy atom. The molecule has 8 aromatic rings. The fourth-order valence-corrected chi connectivity index (χ4v) is 7.72. The number of nitrogens with zero attached hydrogens (tertiary/aromatic N) is 3. The standard InChI is InChI=1S/C36H20BN3O2S/c1-3-10-27-22(8-1)23-19-32-25(20-28(23)40(27)34-14-5-6-17-38-34)37-24-18-21(36-39-26-9-2-4-13-33(26)43-36)15-16-29(24)41-30-11-7-12-31(42-32)35(30)37/h1-20H. The average molecular weight is 569 g/mol. The number of pyridine rings is 1. The van der Waals surface area contributed by atoms with Crippen molar-refractivity contribution < 1.29 is 9.47 Å². The maximum absolute atomic E-state index is 6.65. The molecule has 0 saturated carbocycles. The molecule has 43 heavy (non-hydrogen) atoms. The third-order valence-electron chi connectivity index (χ3n) is 8.61. The van der Waals surface area contributed by atoms with Crippen LogP contribution in [0.1, 0.15) is 0 Å². The minimum absolute atomic E-state index is 0.0624. The van der Waals surface area contributed by atoms with Crippen molar-refractivity contribution >= 4 is 66.5 Å². The molecule has 0 fully saturated rings. The summed E-state index contributed by atoms with van der Waals surface area (Å²) in [5.41, 5.74) is 7.59. The largest absolute Gasteiger partial charge is 0.458 e. The molecule has 0 aliphatic carbocycles. The number of para-hydroxylation sites is 2. The summed E-state index contributed by atoms with van der Waals surface area (Å²) in [5, 5.41) is 3.30. The highest BCUT2D eigenvalue weighted by atomic mass is 32.1. The van der Waals surface area contributed by atoms with Crippen LogP contribution in [0.2, 0.25) is 0 Å². The first-order chi connectivity index (χ1) is 21.3. The average Bonchev–Trinajstić information content (AvgIpc) is 3.63. The Morgan fingerprint density at radius 3 is 2.33 bits per heavy atom. The number of rotatable bonds is 2. The van der Waals surface area contributed by atoms with E-state index in [1.807, 2.05) is 42.6 Å². The first kappa shape index (κ1) is 23.2. The minimum atomic E-state index is -0.0624. The lowest BCUT2D eigenvalue weighted by molar-refractivity contribution is 0.465. The van der Waals surface area contributed by atoms with Crippen molar-refractivity contribution in [2.75, 3.05) is 0 Å². The van der Waals surface area contributed by atoms with E-state index in [0.717, 1.165) is 77.7 Å². The van der Waals surface area contributed by atoms with Crippen LogP contribution >= 0.6 is 11.3 Å². The number of aromatic nitrogens is 3. The highest BCUT2D eigenvalue weighted by Crippen LogP contribution is 2.39. The van der Waals surface area contributed by atoms with Crippen LogP contribution in [0.4, 0.5) is 0 Å². The molecule has 2 aliphatic rings. The van der Waals surface area contributed by atoms with Gasteiger partial charge in [0.05, 0.1) is 21.3 Å². The van der Waals surface area contributed by atoms with E-state index in [1.54, 1.807) is 11.3 Å². The van der Waals surface area contributed by atoms with Gasteiger partial charge in [-0.2, -0.15) is 0 Å². The molecule has 0 amide bonds. The van der Waals surface area contributed by atoms with Crippen molar-refractivity contribution in [3.8, 4) is 39.4 Å². The van der Waals surface area contributed by atoms with Gasteiger partial charge in [-0.25, -0.2) is 9.97 Å². The van der Waals surface area contributed by atoms with Crippen LogP contribution in [0.25, 0.3) is 48.4 Å². The molecular weight excluding hydrogens is 549 g/mol. The molecule has 7 heteroatoms. The molecule has 0 unspecified atom stereocenters. The van der Waals surface area contributed by atoms with Crippen molar-refractivity contribution in [3.63, 3.8) is 0 Å². The number of hydrogen-bond acceptors (Lipinski definition) is 5. The van der Waals surface area contributed by atoms with E-state index in [2.05, 4.69) is 83.4 Å². The van der Waals surface area contributed by atoms with Gasteiger partial charge in [0.15, 0.2) is 0 Å². The van der Waals surface area contributed by atoms with E-state index < -0.39 is 0 Å². The predicted molar refractivity (Wildman–Crippen MR) is 175 cm³/mol. The van der Waals surface area contributed by atoms with E-state index in [-0.39, 0.29) is 6.71 Å². The molecule has 0 N–H and O–H groups in total. The molecular formula is C36H20BN3O2S. The highest BCUT2D eigenvalue weighted by Gasteiger charge is 2.40. The van der Waals surface area contributed by atoms with Crippen molar-refractivity contribution in [2.24, 2.45) is 0 Å². The zero-order chi connectivity index (χ0) is 28.1. The SMILES string of the molecule is c1ccc(-n2c3ccccc3c3cc4c(cc32)B2c3cc(-c5nc6ccccc6s5)ccc3Oc3cccc(c32)O4)nc1. The van der Waals surface area contributed by atoms with Crippen molar-refractivity contribution in [2.45, 2.75) is 0 Å². The molecule has 0 bridgehead atoms. The third-order valence-corrected chi connectivity index (χ3v) is 9.70. The summed E-state index contributed by atoms with van der Waals surface area (Å²) in [6.45, 7) is -0.0624. The Balaban J connectivity index is 1.25. The van der Waals surface area contributed by atoms with Crippen molar-refractivity contribution in [3.05, 3.63) is 121 Å². The molecule has 2 aliphatic heterocycles. The van der Waals surface area contributed by atoms with Crippen LogP contribution in [0.3, 0.4) is 0 Å². The quantitative estimate of drug-likeness (QED) is 0.207. The summed E-state index contributed by atoms with van der Waals surface area (Å²) in [6, 6.07) is 39.9. The van der Waals surface area contributed by atoms with E-state index in [1.165, 1.54) is 10.1 Å². The van der Waals surface area contributed by atoms with Crippen LogP contribution in [-0.2, 0) is 0 Å². The topological polar surface area (TPSA) is 49.2 Å². The van der Waals surface area contributed by atoms with Gasteiger partial charge in [0.25, 0.3) is 6.71 Å². The molecule has 3 aromatic heterocycles. The van der Waals surface area contributed by atoms with E-state index in [4.69, 9.17) is 19.4 Å². The summed E-state index contributed by atoms with van der Waals surface area (Å²) in [5.74, 6) is 4.27. The Kier molecular flexibility index (Phi) is 4.62. The Labute approximate surface area is 250 Å². The molecule has 0 spiro atoms. The van der Waals surface area contributed by atoms with Crippen molar-refractivity contribution in [1.82, 2.24) is 14.5 Å². The zero-order valence-corrected chi connectivity index (χ0v) is 23.5. The first-order valence-corrected chi connectivity index (χ1v) is 15.1. The van der Waals surface area contributed by atoms with Gasteiger partial charge in [-0.3, -0.25) is 4.57 Å². The van der Waals surface area contributed by atoms with Crippen LogP contribution in [0.15, 0.2) is 121 Å². The van der Waals surface area contributed by atoms with Gasteiger partial charge in [0.1, 0.15) is 33.8 Å². The summed E-state index contributed by atoms with van der Waals surface area (Å²) < 4.78 is 16.6. The van der Waals surface area contributed by atoms with Crippen LogP contribution in [0.5, 0.6) is 23.0 Å². The lowest BCUT2D eigenvalue weighted by atomic mass is 9.34. The lowest BCUT2D eigenvalue weighted by Gasteiger charge is -2.33. The molecule has 5 nitrogen and oxygen atoms in total. The summed E-state index contributed by atoms with van der Waals surface area (Å²) in [7, 11) is 0. The number of thiazole rings is 1. The Bertz CT molecular complexity index is 2400. The second kappa shape index (κ2) is 8.57. The van der Waals surface area contributed by atoms with E-state index in [9.17, 15) is 0 Å². The van der Waals surface area contributed by atoms with Gasteiger partial charge in [-0.05, 0) is 77.7 Å². The van der Waals surface area contributed by atoms with Gasteiger partial charge in [-0.15, -0.1) is 11.3 Å². The summed E-state index contributed by atoms with van der Waals surface area (Å²) in [6.07, 6.45) is 1.85. The van der Waals surface area contributed by atoms with Crippen LogP contribution in [-0.4, -0.2) is 21.2 Å². The van der Waals surface area contributed by atoms with Crippen molar-refractivity contribution in [1.29, 1.82) is 0 Å². The molecule has 0 radical (unpaired) electrons. The Hall–Kier alpha value is -5.40. The van der Waals surface area contributed by atoms with Crippen LogP contribution < -0.4 is 25.9 Å². The normalized spacial score (nSPS) is 13.0. The number of benzene rings is 5. The molecule has 200 valence electrons. The molecule has 10 rings (SSSR count). The number of ether oxygens (including phenoxy) is 2. The van der Waals surface area contributed by atoms with E-state index >= 15 is 0 Å². The summed E-state index contributed by atoms with van der Waals surface area (Å²) >= 11 is 1.72. The van der Waals surface area contributed by atoms with Gasteiger partial charge >= 0.3 is 0 Å². The predicted octanol–water partition coefficient (Wildman–Crippen LogP) is 7.18. The minimum Gasteiger partial charge on any atom is -0.458 e. The third kappa shape index (κ3) is 3.28. The summed E-state index contributed by atoms with van der Waals surface area (Å²) in [4.78, 5) is 9.69. The van der Waals surface area contributed by atoms with E-state index in [0.29, 0.717) is 0 Å². The molecule has 0 saturated heterocycles. The highest BCUT2D eigenvalue weighted by molar-refractivity contribution is 7.21.